The average Bonchev–Trinajstić information content (AvgIpc) is 2.29. The van der Waals surface area contributed by atoms with Gasteiger partial charge in [0.1, 0.15) is 0 Å². The van der Waals surface area contributed by atoms with Gasteiger partial charge in [-0.05, 0) is 48.9 Å². The number of rotatable bonds is 3. The van der Waals surface area contributed by atoms with Gasteiger partial charge in [0.25, 0.3) is 0 Å². The van der Waals surface area contributed by atoms with Crippen LogP contribution in [0.15, 0.2) is 28.7 Å². The smallest absolute Gasteiger partial charge is 0.0175 e. The van der Waals surface area contributed by atoms with E-state index in [9.17, 15) is 0 Å². The van der Waals surface area contributed by atoms with E-state index in [1.807, 2.05) is 0 Å². The molecule has 1 fully saturated rings. The molecule has 0 N–H and O–H groups in total. The molecule has 1 atom stereocenters. The lowest BCUT2D eigenvalue weighted by atomic mass is 9.90. The lowest BCUT2D eigenvalue weighted by molar-refractivity contribution is 0.188. The summed E-state index contributed by atoms with van der Waals surface area (Å²) >= 11 is 3.50. The number of piperidine rings is 1. The largest absolute Gasteiger partial charge is 0.302 e. The highest BCUT2D eigenvalue weighted by atomic mass is 79.9. The normalized spacial score (nSPS) is 22.0. The zero-order chi connectivity index (χ0) is 12.3. The van der Waals surface area contributed by atoms with Crippen LogP contribution in [-0.2, 0) is 0 Å². The monoisotopic (exact) mass is 295 g/mol. The first-order chi connectivity index (χ1) is 8.15. The third kappa shape index (κ3) is 3.82. The molecule has 0 aromatic heterocycles. The first-order valence-electron chi connectivity index (χ1n) is 6.63. The third-order valence-electron chi connectivity index (χ3n) is 3.47. The van der Waals surface area contributed by atoms with Crippen molar-refractivity contribution in [2.75, 3.05) is 19.6 Å². The van der Waals surface area contributed by atoms with Crippen LogP contribution in [0.1, 0.15) is 38.2 Å². The summed E-state index contributed by atoms with van der Waals surface area (Å²) in [5, 5.41) is 0. The fourth-order valence-corrected chi connectivity index (χ4v) is 3.01. The SMILES string of the molecule is CC(C)CN1CCCC(c2ccc(Br)cc2)C1. The Labute approximate surface area is 113 Å². The third-order valence-corrected chi connectivity index (χ3v) is 4.00. The zero-order valence-corrected chi connectivity index (χ0v) is 12.4. The molecule has 2 rings (SSSR count). The molecule has 2 heteroatoms. The zero-order valence-electron chi connectivity index (χ0n) is 10.8. The van der Waals surface area contributed by atoms with Gasteiger partial charge < -0.3 is 4.90 Å². The molecule has 1 aromatic carbocycles. The maximum Gasteiger partial charge on any atom is 0.0175 e. The van der Waals surface area contributed by atoms with Crippen molar-refractivity contribution < 1.29 is 0 Å². The minimum absolute atomic E-state index is 0.732. The number of likely N-dealkylation sites (tertiary alicyclic amines) is 1. The van der Waals surface area contributed by atoms with Crippen LogP contribution < -0.4 is 0 Å². The van der Waals surface area contributed by atoms with Crippen LogP contribution in [0, 0.1) is 5.92 Å². The van der Waals surface area contributed by atoms with Gasteiger partial charge in [-0.15, -0.1) is 0 Å². The standard InChI is InChI=1S/C15H22BrN/c1-12(2)10-17-9-3-4-14(11-17)13-5-7-15(16)8-6-13/h5-8,12,14H,3-4,9-11H2,1-2H3. The highest BCUT2D eigenvalue weighted by molar-refractivity contribution is 9.10. The van der Waals surface area contributed by atoms with Crippen molar-refractivity contribution in [3.8, 4) is 0 Å². The van der Waals surface area contributed by atoms with Crippen molar-refractivity contribution in [1.82, 2.24) is 4.90 Å². The molecule has 0 bridgehead atoms. The lowest BCUT2D eigenvalue weighted by Crippen LogP contribution is -2.36. The van der Waals surface area contributed by atoms with Gasteiger partial charge in [0, 0.05) is 17.6 Å². The van der Waals surface area contributed by atoms with Gasteiger partial charge in [0.2, 0.25) is 0 Å². The fraction of sp³-hybridized carbons (Fsp3) is 0.600. The van der Waals surface area contributed by atoms with E-state index < -0.39 is 0 Å². The Kier molecular flexibility index (Phi) is 4.63. The molecular formula is C15H22BrN. The Bertz CT molecular complexity index is 344. The molecule has 1 aromatic rings. The second-order valence-corrected chi connectivity index (χ2v) is 6.46. The molecule has 0 aliphatic carbocycles. The van der Waals surface area contributed by atoms with E-state index in [1.54, 1.807) is 0 Å². The van der Waals surface area contributed by atoms with Gasteiger partial charge in [-0.1, -0.05) is 41.9 Å². The van der Waals surface area contributed by atoms with Gasteiger partial charge in [0.15, 0.2) is 0 Å². The van der Waals surface area contributed by atoms with Crippen molar-refractivity contribution in [2.24, 2.45) is 5.92 Å². The first-order valence-corrected chi connectivity index (χ1v) is 7.42. The lowest BCUT2D eigenvalue weighted by Gasteiger charge is -2.34. The molecule has 94 valence electrons. The van der Waals surface area contributed by atoms with Gasteiger partial charge >= 0.3 is 0 Å². The molecule has 1 saturated heterocycles. The van der Waals surface area contributed by atoms with Crippen LogP contribution in [0.3, 0.4) is 0 Å². The number of hydrogen-bond donors (Lipinski definition) is 0. The summed E-state index contributed by atoms with van der Waals surface area (Å²) in [6.45, 7) is 8.38. The highest BCUT2D eigenvalue weighted by Crippen LogP contribution is 2.28. The molecule has 1 unspecified atom stereocenters. The van der Waals surface area contributed by atoms with Crippen LogP contribution >= 0.6 is 15.9 Å². The number of benzene rings is 1. The van der Waals surface area contributed by atoms with E-state index in [4.69, 9.17) is 0 Å². The van der Waals surface area contributed by atoms with Crippen molar-refractivity contribution >= 4 is 15.9 Å². The summed E-state index contributed by atoms with van der Waals surface area (Å²) in [6.07, 6.45) is 2.68. The van der Waals surface area contributed by atoms with Crippen LogP contribution in [0.5, 0.6) is 0 Å². The Morgan fingerprint density at radius 3 is 2.65 bits per heavy atom. The topological polar surface area (TPSA) is 3.24 Å². The summed E-state index contributed by atoms with van der Waals surface area (Å²) < 4.78 is 1.18. The summed E-state index contributed by atoms with van der Waals surface area (Å²) in [4.78, 5) is 2.63. The van der Waals surface area contributed by atoms with Gasteiger partial charge in [0.05, 0.1) is 0 Å². The predicted molar refractivity (Wildman–Crippen MR) is 77.4 cm³/mol. The van der Waals surface area contributed by atoms with Gasteiger partial charge in [-0.3, -0.25) is 0 Å². The number of hydrogen-bond acceptors (Lipinski definition) is 1. The van der Waals surface area contributed by atoms with Crippen LogP contribution in [0.2, 0.25) is 0 Å². The van der Waals surface area contributed by atoms with E-state index >= 15 is 0 Å². The second kappa shape index (κ2) is 6.01. The Morgan fingerprint density at radius 1 is 1.29 bits per heavy atom. The van der Waals surface area contributed by atoms with Crippen LogP contribution in [-0.4, -0.2) is 24.5 Å². The highest BCUT2D eigenvalue weighted by Gasteiger charge is 2.21. The molecular weight excluding hydrogens is 274 g/mol. The van der Waals surface area contributed by atoms with E-state index in [1.165, 1.54) is 42.5 Å². The molecule has 0 amide bonds. The van der Waals surface area contributed by atoms with Crippen molar-refractivity contribution in [3.63, 3.8) is 0 Å². The van der Waals surface area contributed by atoms with Crippen LogP contribution in [0.25, 0.3) is 0 Å². The van der Waals surface area contributed by atoms with E-state index in [0.717, 1.165) is 11.8 Å². The average molecular weight is 296 g/mol. The molecule has 1 aliphatic rings. The second-order valence-electron chi connectivity index (χ2n) is 5.54. The van der Waals surface area contributed by atoms with Crippen molar-refractivity contribution in [2.45, 2.75) is 32.6 Å². The van der Waals surface area contributed by atoms with E-state index in [-0.39, 0.29) is 0 Å². The summed E-state index contributed by atoms with van der Waals surface area (Å²) in [5.74, 6) is 1.51. The molecule has 1 nitrogen and oxygen atoms in total. The first kappa shape index (κ1) is 13.1. The quantitative estimate of drug-likeness (QED) is 0.804. The Morgan fingerprint density at radius 2 is 2.00 bits per heavy atom. The minimum Gasteiger partial charge on any atom is -0.302 e. The molecule has 1 heterocycles. The van der Waals surface area contributed by atoms with E-state index in [2.05, 4.69) is 58.9 Å². The van der Waals surface area contributed by atoms with Gasteiger partial charge in [-0.2, -0.15) is 0 Å². The van der Waals surface area contributed by atoms with Crippen molar-refractivity contribution in [1.29, 1.82) is 0 Å². The van der Waals surface area contributed by atoms with Crippen molar-refractivity contribution in [3.05, 3.63) is 34.3 Å². The minimum atomic E-state index is 0.732. The molecule has 1 aliphatic heterocycles. The van der Waals surface area contributed by atoms with Gasteiger partial charge in [-0.25, -0.2) is 0 Å². The maximum absolute atomic E-state index is 3.50. The van der Waals surface area contributed by atoms with Crippen LogP contribution in [0.4, 0.5) is 0 Å². The molecule has 0 spiro atoms. The Balaban J connectivity index is 1.99. The molecule has 17 heavy (non-hydrogen) atoms. The number of halogens is 1. The summed E-state index contributed by atoms with van der Waals surface area (Å²) in [6, 6.07) is 8.87. The fourth-order valence-electron chi connectivity index (χ4n) is 2.74. The number of nitrogens with zero attached hydrogens (tertiary/aromatic N) is 1. The summed E-state index contributed by atoms with van der Waals surface area (Å²) in [5.41, 5.74) is 1.50. The Hall–Kier alpha value is -0.340. The molecule has 0 saturated carbocycles. The molecule has 0 radical (unpaired) electrons. The van der Waals surface area contributed by atoms with E-state index in [0.29, 0.717) is 0 Å². The summed E-state index contributed by atoms with van der Waals surface area (Å²) in [7, 11) is 0. The maximum atomic E-state index is 3.50. The predicted octanol–water partition coefficient (Wildman–Crippen LogP) is 4.28.